The Morgan fingerprint density at radius 2 is 1.97 bits per heavy atom. The summed E-state index contributed by atoms with van der Waals surface area (Å²) in [5.74, 6) is 2.21. The van der Waals surface area contributed by atoms with Crippen molar-refractivity contribution < 1.29 is 4.79 Å². The number of allylic oxidation sites excluding steroid dienone is 1. The third kappa shape index (κ3) is 4.03. The second-order valence-electron chi connectivity index (χ2n) is 10.6. The van der Waals surface area contributed by atoms with E-state index in [-0.39, 0.29) is 11.8 Å². The van der Waals surface area contributed by atoms with Gasteiger partial charge >= 0.3 is 0 Å². The zero-order valence-corrected chi connectivity index (χ0v) is 18.6. The van der Waals surface area contributed by atoms with Crippen LogP contribution in [0.5, 0.6) is 0 Å². The van der Waals surface area contributed by atoms with Crippen LogP contribution in [-0.4, -0.2) is 31.6 Å². The van der Waals surface area contributed by atoms with Crippen LogP contribution in [-0.2, 0) is 4.79 Å². The summed E-state index contributed by atoms with van der Waals surface area (Å²) in [5, 5.41) is 6.92. The van der Waals surface area contributed by atoms with E-state index in [9.17, 15) is 4.79 Å². The maximum absolute atomic E-state index is 12.0. The zero-order chi connectivity index (χ0) is 20.7. The summed E-state index contributed by atoms with van der Waals surface area (Å²) < 4.78 is 0. The molecule has 1 aromatic rings. The Morgan fingerprint density at radius 1 is 1.17 bits per heavy atom. The van der Waals surface area contributed by atoms with Gasteiger partial charge in [-0.25, -0.2) is 0 Å². The number of carbonyl (C=O) groups is 1. The van der Waals surface area contributed by atoms with Gasteiger partial charge in [0.25, 0.3) is 0 Å². The first-order chi connectivity index (χ1) is 14.5. The van der Waals surface area contributed by atoms with Gasteiger partial charge in [-0.15, -0.1) is 0 Å². The average Bonchev–Trinajstić information content (AvgIpc) is 3.60. The first kappa shape index (κ1) is 20.1. The van der Waals surface area contributed by atoms with Crippen LogP contribution in [0.25, 0.3) is 0 Å². The van der Waals surface area contributed by atoms with Crippen molar-refractivity contribution in [3.05, 3.63) is 35.9 Å². The van der Waals surface area contributed by atoms with Crippen molar-refractivity contribution in [2.75, 3.05) is 29.9 Å². The minimum Gasteiger partial charge on any atom is -0.371 e. The van der Waals surface area contributed by atoms with Crippen LogP contribution < -0.4 is 15.5 Å². The largest absolute Gasteiger partial charge is 0.371 e. The quantitative estimate of drug-likeness (QED) is 0.627. The lowest BCUT2D eigenvalue weighted by atomic mass is 9.48. The fourth-order valence-electron chi connectivity index (χ4n) is 5.89. The van der Waals surface area contributed by atoms with Crippen molar-refractivity contribution >= 4 is 17.3 Å². The number of amides is 1. The molecule has 5 aliphatic rings. The summed E-state index contributed by atoms with van der Waals surface area (Å²) in [5.41, 5.74) is 4.43. The van der Waals surface area contributed by atoms with E-state index in [1.807, 2.05) is 6.07 Å². The maximum Gasteiger partial charge on any atom is 0.227 e. The Morgan fingerprint density at radius 3 is 2.67 bits per heavy atom. The normalized spacial score (nSPS) is 27.9. The predicted octanol–water partition coefficient (Wildman–Crippen LogP) is 4.98. The number of anilines is 2. The van der Waals surface area contributed by atoms with Gasteiger partial charge < -0.3 is 15.5 Å². The minimum absolute atomic E-state index is 0.184. The minimum atomic E-state index is 0.184. The number of hydrogen-bond acceptors (Lipinski definition) is 3. The molecule has 4 nitrogen and oxygen atoms in total. The van der Waals surface area contributed by atoms with Gasteiger partial charge in [0.1, 0.15) is 0 Å². The first-order valence-electron chi connectivity index (χ1n) is 12.1. The van der Waals surface area contributed by atoms with E-state index in [1.165, 1.54) is 37.8 Å². The molecule has 1 heterocycles. The highest BCUT2D eigenvalue weighted by atomic mass is 16.2. The summed E-state index contributed by atoms with van der Waals surface area (Å²) in [4.78, 5) is 14.5. The second kappa shape index (κ2) is 8.03. The van der Waals surface area contributed by atoms with Crippen LogP contribution in [0.4, 0.5) is 11.4 Å². The number of rotatable bonds is 7. The molecule has 30 heavy (non-hydrogen) atoms. The highest BCUT2D eigenvalue weighted by Crippen LogP contribution is 2.59. The zero-order valence-electron chi connectivity index (χ0n) is 18.6. The lowest BCUT2D eigenvalue weighted by Crippen LogP contribution is -2.48. The van der Waals surface area contributed by atoms with E-state index in [2.05, 4.69) is 53.7 Å². The summed E-state index contributed by atoms with van der Waals surface area (Å²) >= 11 is 0. The highest BCUT2D eigenvalue weighted by Gasteiger charge is 2.50. The number of fused-ring (bicyclic) bond motifs is 1. The van der Waals surface area contributed by atoms with E-state index in [0.29, 0.717) is 11.5 Å². The molecule has 0 spiro atoms. The highest BCUT2D eigenvalue weighted by molar-refractivity contribution is 5.94. The molecule has 2 atom stereocenters. The number of carbonyl (C=O) groups excluding carboxylic acids is 1. The predicted molar refractivity (Wildman–Crippen MR) is 124 cm³/mol. The van der Waals surface area contributed by atoms with Crippen molar-refractivity contribution in [3.63, 3.8) is 0 Å². The molecule has 1 amide bonds. The fraction of sp³-hybridized carbons (Fsp3) is 0.654. The molecule has 0 unspecified atom stereocenters. The van der Waals surface area contributed by atoms with Crippen LogP contribution >= 0.6 is 0 Å². The Labute approximate surface area is 181 Å². The average molecular weight is 408 g/mol. The van der Waals surface area contributed by atoms with Gasteiger partial charge in [-0.3, -0.25) is 4.79 Å². The topological polar surface area (TPSA) is 44.4 Å². The van der Waals surface area contributed by atoms with Crippen molar-refractivity contribution in [2.45, 2.75) is 64.8 Å². The summed E-state index contributed by atoms with van der Waals surface area (Å²) in [6, 6.07) is 9.00. The van der Waals surface area contributed by atoms with Gasteiger partial charge in [0.2, 0.25) is 5.91 Å². The first-order valence-corrected chi connectivity index (χ1v) is 12.1. The van der Waals surface area contributed by atoms with Gasteiger partial charge in [-0.05, 0) is 86.9 Å². The Kier molecular flexibility index (Phi) is 5.38. The van der Waals surface area contributed by atoms with Gasteiger partial charge in [0.15, 0.2) is 0 Å². The lowest BCUT2D eigenvalue weighted by molar-refractivity contribution is -0.117. The molecule has 6 rings (SSSR count). The molecule has 0 radical (unpaired) electrons. The lowest BCUT2D eigenvalue weighted by Gasteiger charge is -2.56. The molecular weight excluding hydrogens is 370 g/mol. The van der Waals surface area contributed by atoms with E-state index in [4.69, 9.17) is 0 Å². The van der Waals surface area contributed by atoms with Crippen LogP contribution in [0.15, 0.2) is 35.9 Å². The molecule has 4 heteroatoms. The molecule has 162 valence electrons. The van der Waals surface area contributed by atoms with Crippen molar-refractivity contribution in [1.29, 1.82) is 0 Å². The number of nitrogens with one attached hydrogen (secondary N) is 2. The molecule has 2 bridgehead atoms. The van der Waals surface area contributed by atoms with Crippen LogP contribution in [0.2, 0.25) is 0 Å². The molecule has 2 saturated carbocycles. The van der Waals surface area contributed by atoms with Crippen molar-refractivity contribution in [2.24, 2.45) is 23.2 Å². The molecule has 0 aromatic heterocycles. The molecular formula is C26H37N3O. The van der Waals surface area contributed by atoms with Gasteiger partial charge in [-0.2, -0.15) is 0 Å². The molecule has 2 N–H and O–H groups in total. The van der Waals surface area contributed by atoms with E-state index >= 15 is 0 Å². The Bertz CT molecular complexity index is 817. The Balaban J connectivity index is 1.07. The molecule has 1 aliphatic heterocycles. The number of hydrogen-bond donors (Lipinski definition) is 2. The van der Waals surface area contributed by atoms with E-state index in [1.54, 1.807) is 5.57 Å². The summed E-state index contributed by atoms with van der Waals surface area (Å²) in [6.07, 6.45) is 11.0. The molecule has 1 aromatic carbocycles. The standard InChI is InChI=1S/C26H37N3O/c1-26(2)20-9-8-18(24(26)16-20)10-13-27-21-11-14-29(15-12-21)23-5-3-4-22(17-23)28-25(30)19-6-7-19/h3-5,8,17,19-21,24,27H,6-7,9-16H2,1-2H3,(H,28,30)/t20-,24-/m0/s1. The van der Waals surface area contributed by atoms with Crippen LogP contribution in [0, 0.1) is 23.2 Å². The number of nitrogens with zero attached hydrogens (tertiary/aromatic N) is 1. The smallest absolute Gasteiger partial charge is 0.227 e. The summed E-state index contributed by atoms with van der Waals surface area (Å²) in [7, 11) is 0. The maximum atomic E-state index is 12.0. The van der Waals surface area contributed by atoms with Gasteiger partial charge in [-0.1, -0.05) is 31.6 Å². The van der Waals surface area contributed by atoms with Crippen molar-refractivity contribution in [1.82, 2.24) is 5.32 Å². The fourth-order valence-corrected chi connectivity index (χ4v) is 5.89. The van der Waals surface area contributed by atoms with Crippen molar-refractivity contribution in [3.8, 4) is 0 Å². The number of benzene rings is 1. The van der Waals surface area contributed by atoms with Gasteiger partial charge in [0, 0.05) is 36.4 Å². The SMILES string of the molecule is CC1(C)[C@H]2CC=C(CCNC3CCN(c4cccc(NC(=O)C5CC5)c4)CC3)[C@@H]1C2. The van der Waals surface area contributed by atoms with Crippen LogP contribution in [0.3, 0.4) is 0 Å². The molecule has 1 saturated heterocycles. The van der Waals surface area contributed by atoms with E-state index < -0.39 is 0 Å². The number of piperidine rings is 1. The van der Waals surface area contributed by atoms with E-state index in [0.717, 1.165) is 50.0 Å². The molecule has 4 aliphatic carbocycles. The third-order valence-electron chi connectivity index (χ3n) is 8.35. The summed E-state index contributed by atoms with van der Waals surface area (Å²) in [6.45, 7) is 8.22. The third-order valence-corrected chi connectivity index (χ3v) is 8.35. The second-order valence-corrected chi connectivity index (χ2v) is 10.6. The van der Waals surface area contributed by atoms with Crippen LogP contribution in [0.1, 0.15) is 58.8 Å². The Hall–Kier alpha value is -1.81. The van der Waals surface area contributed by atoms with Gasteiger partial charge in [0.05, 0.1) is 0 Å². The molecule has 3 fully saturated rings. The monoisotopic (exact) mass is 407 g/mol.